The van der Waals surface area contributed by atoms with Crippen LogP contribution >= 0.6 is 0 Å². The third-order valence-corrected chi connectivity index (χ3v) is 5.89. The average Bonchev–Trinajstić information content (AvgIpc) is 3.39. The highest BCUT2D eigenvalue weighted by Crippen LogP contribution is 2.33. The number of carboxylic acid groups (broad SMARTS) is 1. The van der Waals surface area contributed by atoms with E-state index in [1.165, 1.54) is 17.0 Å². The SMILES string of the molecule is O=C(O)NC[C@H]1CN(c2ccc(C3CCN(Cc4ccc([N+](=O)[O-])o4)CC3)c(F)c2)C(=O)O1. The lowest BCUT2D eigenvalue weighted by Crippen LogP contribution is -2.33. The number of amides is 2. The molecular weight excluding hydrogens is 439 g/mol. The van der Waals surface area contributed by atoms with E-state index in [1.54, 1.807) is 18.2 Å². The molecule has 12 heteroatoms. The Balaban J connectivity index is 1.33. The van der Waals surface area contributed by atoms with Crippen molar-refractivity contribution in [1.82, 2.24) is 10.2 Å². The van der Waals surface area contributed by atoms with Gasteiger partial charge in [-0.3, -0.25) is 19.9 Å². The van der Waals surface area contributed by atoms with Crippen molar-refractivity contribution in [2.75, 3.05) is 31.1 Å². The van der Waals surface area contributed by atoms with E-state index in [0.29, 0.717) is 49.5 Å². The maximum Gasteiger partial charge on any atom is 0.433 e. The molecule has 11 nitrogen and oxygen atoms in total. The van der Waals surface area contributed by atoms with Gasteiger partial charge in [0.2, 0.25) is 0 Å². The minimum Gasteiger partial charge on any atom is -0.465 e. The molecule has 2 amide bonds. The summed E-state index contributed by atoms with van der Waals surface area (Å²) in [5.74, 6) is -0.162. The molecule has 3 heterocycles. The van der Waals surface area contributed by atoms with Crippen molar-refractivity contribution in [3.63, 3.8) is 0 Å². The Labute approximate surface area is 187 Å². The monoisotopic (exact) mass is 462 g/mol. The summed E-state index contributed by atoms with van der Waals surface area (Å²) < 4.78 is 25.3. The van der Waals surface area contributed by atoms with Gasteiger partial charge in [0, 0.05) is 0 Å². The number of nitro groups is 1. The van der Waals surface area contributed by atoms with Crippen LogP contribution in [0, 0.1) is 15.9 Å². The third kappa shape index (κ3) is 5.22. The predicted octanol–water partition coefficient (Wildman–Crippen LogP) is 3.30. The number of halogens is 1. The molecule has 1 atom stereocenters. The van der Waals surface area contributed by atoms with E-state index in [0.717, 1.165) is 0 Å². The number of rotatable bonds is 7. The van der Waals surface area contributed by atoms with E-state index >= 15 is 0 Å². The summed E-state index contributed by atoms with van der Waals surface area (Å²) in [6.45, 7) is 1.92. The number of ether oxygens (including phenoxy) is 1. The van der Waals surface area contributed by atoms with E-state index in [2.05, 4.69) is 10.2 Å². The lowest BCUT2D eigenvalue weighted by atomic mass is 9.89. The van der Waals surface area contributed by atoms with Crippen LogP contribution in [0.5, 0.6) is 0 Å². The van der Waals surface area contributed by atoms with Crippen LogP contribution in [-0.2, 0) is 11.3 Å². The molecule has 1 aromatic heterocycles. The maximum absolute atomic E-state index is 14.9. The molecule has 1 aromatic carbocycles. The number of piperidine rings is 1. The zero-order chi connectivity index (χ0) is 23.5. The number of cyclic esters (lactones) is 1. The van der Waals surface area contributed by atoms with Crippen LogP contribution in [0.3, 0.4) is 0 Å². The average molecular weight is 462 g/mol. The van der Waals surface area contributed by atoms with Gasteiger partial charge in [-0.25, -0.2) is 14.0 Å². The fraction of sp³-hybridized carbons (Fsp3) is 0.429. The number of hydrogen-bond donors (Lipinski definition) is 2. The highest BCUT2D eigenvalue weighted by molar-refractivity contribution is 5.89. The topological polar surface area (TPSA) is 138 Å². The Kier molecular flexibility index (Phi) is 6.45. The molecule has 176 valence electrons. The second-order valence-corrected chi connectivity index (χ2v) is 8.06. The van der Waals surface area contributed by atoms with E-state index in [-0.39, 0.29) is 24.9 Å². The predicted molar refractivity (Wildman–Crippen MR) is 113 cm³/mol. The Morgan fingerprint density at radius 3 is 2.67 bits per heavy atom. The molecule has 4 rings (SSSR count). The first-order valence-electron chi connectivity index (χ1n) is 10.5. The lowest BCUT2D eigenvalue weighted by molar-refractivity contribution is -0.402. The van der Waals surface area contributed by atoms with Gasteiger partial charge in [-0.1, -0.05) is 6.07 Å². The Hall–Kier alpha value is -3.67. The van der Waals surface area contributed by atoms with Crippen LogP contribution in [0.15, 0.2) is 34.7 Å². The standard InChI is InChI=1S/C21H23FN4O7/c22-18-9-14(25-12-16(33-21(25)29)10-23-20(27)28)1-3-17(18)13-5-7-24(8-6-13)11-15-2-4-19(32-15)26(30)31/h1-4,9,13,16,23H,5-8,10-12H2,(H,27,28)/t16-/m0/s1. The van der Waals surface area contributed by atoms with Gasteiger partial charge in [0.1, 0.15) is 22.6 Å². The van der Waals surface area contributed by atoms with Crippen molar-refractivity contribution in [3.8, 4) is 0 Å². The quantitative estimate of drug-likeness (QED) is 0.472. The number of nitrogens with one attached hydrogen (secondary N) is 1. The van der Waals surface area contributed by atoms with Gasteiger partial charge in [-0.05, 0) is 55.6 Å². The number of likely N-dealkylation sites (tertiary alicyclic amines) is 1. The van der Waals surface area contributed by atoms with E-state index in [4.69, 9.17) is 14.3 Å². The minimum absolute atomic E-state index is 0.0132. The molecule has 2 aromatic rings. The number of carbonyl (C=O) groups is 2. The molecule has 2 N–H and O–H groups in total. The van der Waals surface area contributed by atoms with Crippen LogP contribution in [0.4, 0.5) is 25.6 Å². The summed E-state index contributed by atoms with van der Waals surface area (Å²) in [5, 5.41) is 21.6. The molecule has 2 fully saturated rings. The number of carbonyl (C=O) groups excluding carboxylic acids is 1. The summed E-state index contributed by atoms with van der Waals surface area (Å²) in [4.78, 5) is 36.3. The van der Waals surface area contributed by atoms with Gasteiger partial charge in [0.15, 0.2) is 0 Å². The molecule has 2 aliphatic heterocycles. The van der Waals surface area contributed by atoms with Gasteiger partial charge in [-0.2, -0.15) is 0 Å². The summed E-state index contributed by atoms with van der Waals surface area (Å²) >= 11 is 0. The molecule has 0 unspecified atom stereocenters. The largest absolute Gasteiger partial charge is 0.465 e. The van der Waals surface area contributed by atoms with Gasteiger partial charge in [0.25, 0.3) is 0 Å². The molecule has 2 saturated heterocycles. The molecule has 0 aliphatic carbocycles. The van der Waals surface area contributed by atoms with Gasteiger partial charge < -0.3 is 19.6 Å². The van der Waals surface area contributed by atoms with E-state index in [1.807, 2.05) is 0 Å². The Morgan fingerprint density at radius 1 is 1.27 bits per heavy atom. The second-order valence-electron chi connectivity index (χ2n) is 8.06. The lowest BCUT2D eigenvalue weighted by Gasteiger charge is -2.31. The fourth-order valence-electron chi connectivity index (χ4n) is 4.23. The second kappa shape index (κ2) is 9.45. The molecule has 33 heavy (non-hydrogen) atoms. The van der Waals surface area contributed by atoms with Crippen molar-refractivity contribution in [1.29, 1.82) is 0 Å². The van der Waals surface area contributed by atoms with Crippen LogP contribution in [0.1, 0.15) is 30.1 Å². The summed E-state index contributed by atoms with van der Waals surface area (Å²) in [5.41, 5.74) is 0.930. The first kappa shape index (κ1) is 22.5. The number of benzene rings is 1. The molecule has 0 radical (unpaired) electrons. The zero-order valence-electron chi connectivity index (χ0n) is 17.6. The van der Waals surface area contributed by atoms with Crippen molar-refractivity contribution >= 4 is 23.8 Å². The van der Waals surface area contributed by atoms with Crippen molar-refractivity contribution in [3.05, 3.63) is 57.6 Å². The smallest absolute Gasteiger partial charge is 0.433 e. The van der Waals surface area contributed by atoms with E-state index in [9.17, 15) is 24.1 Å². The molecule has 0 spiro atoms. The summed E-state index contributed by atoms with van der Waals surface area (Å²) in [6, 6.07) is 7.57. The minimum atomic E-state index is -1.21. The van der Waals surface area contributed by atoms with Crippen LogP contribution < -0.4 is 10.2 Å². The normalized spacial score (nSPS) is 19.5. The summed E-state index contributed by atoms with van der Waals surface area (Å²) in [7, 11) is 0. The van der Waals surface area contributed by atoms with Crippen molar-refractivity contribution < 1.29 is 33.2 Å². The van der Waals surface area contributed by atoms with Crippen LogP contribution in [0.2, 0.25) is 0 Å². The van der Waals surface area contributed by atoms with Crippen molar-refractivity contribution in [2.45, 2.75) is 31.4 Å². The molecule has 0 bridgehead atoms. The third-order valence-electron chi connectivity index (χ3n) is 5.89. The molecular formula is C21H23FN4O7. The van der Waals surface area contributed by atoms with Crippen molar-refractivity contribution in [2.24, 2.45) is 0 Å². The number of hydrogen-bond acceptors (Lipinski definition) is 7. The fourth-order valence-corrected chi connectivity index (χ4v) is 4.23. The van der Waals surface area contributed by atoms with E-state index < -0.39 is 29.0 Å². The first-order valence-corrected chi connectivity index (χ1v) is 10.5. The Bertz CT molecular complexity index is 1050. The number of anilines is 1. The number of furan rings is 1. The van der Waals surface area contributed by atoms with Gasteiger partial charge in [0.05, 0.1) is 31.4 Å². The first-order chi connectivity index (χ1) is 15.8. The van der Waals surface area contributed by atoms with Gasteiger partial charge >= 0.3 is 18.1 Å². The van der Waals surface area contributed by atoms with Crippen LogP contribution in [-0.4, -0.2) is 59.4 Å². The number of nitrogens with zero attached hydrogens (tertiary/aromatic N) is 3. The highest BCUT2D eigenvalue weighted by Gasteiger charge is 2.33. The highest BCUT2D eigenvalue weighted by atomic mass is 19.1. The van der Waals surface area contributed by atoms with Crippen LogP contribution in [0.25, 0.3) is 0 Å². The summed E-state index contributed by atoms with van der Waals surface area (Å²) in [6.07, 6.45) is -1.07. The zero-order valence-corrected chi connectivity index (χ0v) is 17.6. The van der Waals surface area contributed by atoms with Gasteiger partial charge in [-0.15, -0.1) is 0 Å². The Morgan fingerprint density at radius 2 is 2.03 bits per heavy atom. The molecule has 0 saturated carbocycles. The maximum atomic E-state index is 14.9. The molecule has 2 aliphatic rings.